The molecule has 14 nitrogen and oxygen atoms in total. The number of nitrogens with two attached hydrogens (primary N) is 1. The second-order valence-corrected chi connectivity index (χ2v) is 8.98. The largest absolute Gasteiger partial charge is 0.524 e. The predicted molar refractivity (Wildman–Crippen MR) is 141 cm³/mol. The SMILES string of the molecule is COc1ccc(/C=C\c2cc(OC)c(OC)c(OC)c2)cc1OP(=O)(O)O.NC[C@H](O)[C@@H](O)[C@H](O)[C@H](O)CO. The van der Waals surface area contributed by atoms with Crippen LogP contribution in [0.4, 0.5) is 0 Å². The fourth-order valence-corrected chi connectivity index (χ4v) is 3.49. The van der Waals surface area contributed by atoms with E-state index in [1.54, 1.807) is 36.4 Å². The van der Waals surface area contributed by atoms with Crippen molar-refractivity contribution in [3.8, 4) is 28.7 Å². The number of phosphoric acid groups is 1. The lowest BCUT2D eigenvalue weighted by Crippen LogP contribution is -2.48. The maximum Gasteiger partial charge on any atom is 0.524 e. The zero-order valence-electron chi connectivity index (χ0n) is 21.9. The second kappa shape index (κ2) is 16.3. The van der Waals surface area contributed by atoms with Crippen LogP contribution in [-0.4, -0.2) is 101 Å². The van der Waals surface area contributed by atoms with Gasteiger partial charge in [-0.15, -0.1) is 0 Å². The molecule has 0 heterocycles. The Hall–Kier alpha value is -2.91. The molecular formula is C24H36NO13P. The van der Waals surface area contributed by atoms with Crippen LogP contribution in [0, 0.1) is 0 Å². The number of aliphatic hydroxyl groups excluding tert-OH is 5. The van der Waals surface area contributed by atoms with Crippen LogP contribution in [0.1, 0.15) is 11.1 Å². The minimum atomic E-state index is -4.71. The molecule has 0 amide bonds. The van der Waals surface area contributed by atoms with Crippen LogP contribution in [0.5, 0.6) is 28.7 Å². The number of hydrogen-bond donors (Lipinski definition) is 8. The Morgan fingerprint density at radius 2 is 1.26 bits per heavy atom. The Kier molecular flexibility index (Phi) is 14.2. The summed E-state index contributed by atoms with van der Waals surface area (Å²) in [5, 5.41) is 44.2. The Morgan fingerprint density at radius 3 is 1.69 bits per heavy atom. The maximum absolute atomic E-state index is 11.1. The van der Waals surface area contributed by atoms with Gasteiger partial charge in [-0.1, -0.05) is 18.2 Å². The van der Waals surface area contributed by atoms with Gasteiger partial charge in [-0.05, 0) is 35.4 Å². The van der Waals surface area contributed by atoms with Gasteiger partial charge in [-0.25, -0.2) is 4.57 Å². The number of phosphoric ester groups is 1. The van der Waals surface area contributed by atoms with E-state index in [9.17, 15) is 4.57 Å². The van der Waals surface area contributed by atoms with E-state index in [0.29, 0.717) is 22.8 Å². The lowest BCUT2D eigenvalue weighted by Gasteiger charge is -2.24. The van der Waals surface area contributed by atoms with Crippen molar-refractivity contribution in [2.45, 2.75) is 24.4 Å². The van der Waals surface area contributed by atoms with Gasteiger partial charge >= 0.3 is 7.82 Å². The molecule has 9 N–H and O–H groups in total. The standard InChI is InChI=1S/C18H21O8P.C6H15NO5/c1-22-14-8-7-12(9-15(14)26-27(19,20)21)5-6-13-10-16(23-2)18(25-4)17(11-13)24-3;7-1-3(9)5(11)6(12)4(10)2-8/h5-11H,1-4H3,(H2,19,20,21);3-6,8-12H,1-2,7H2/b6-5-;/t;3-,4+,5+,6+/m.0/s1. The van der Waals surface area contributed by atoms with Crippen molar-refractivity contribution in [1.82, 2.24) is 0 Å². The quantitative estimate of drug-likeness (QED) is 0.113. The Bertz CT molecular complexity index is 1070. The number of aliphatic hydroxyl groups is 5. The monoisotopic (exact) mass is 577 g/mol. The molecule has 0 saturated carbocycles. The van der Waals surface area contributed by atoms with Crippen molar-refractivity contribution in [1.29, 1.82) is 0 Å². The van der Waals surface area contributed by atoms with Crippen LogP contribution in [0.15, 0.2) is 30.3 Å². The molecule has 0 aliphatic carbocycles. The van der Waals surface area contributed by atoms with E-state index in [-0.39, 0.29) is 18.0 Å². The summed E-state index contributed by atoms with van der Waals surface area (Å²) >= 11 is 0. The van der Waals surface area contributed by atoms with E-state index in [4.69, 9.17) is 60.0 Å². The summed E-state index contributed by atoms with van der Waals surface area (Å²) in [5.74, 6) is 1.66. The second-order valence-electron chi connectivity index (χ2n) is 7.82. The highest BCUT2D eigenvalue weighted by molar-refractivity contribution is 7.46. The number of hydrogen-bond acceptors (Lipinski definition) is 12. The smallest absolute Gasteiger partial charge is 0.493 e. The van der Waals surface area contributed by atoms with E-state index >= 15 is 0 Å². The normalized spacial score (nSPS) is 14.5. The van der Waals surface area contributed by atoms with E-state index < -0.39 is 38.8 Å². The molecule has 2 aromatic carbocycles. The molecule has 39 heavy (non-hydrogen) atoms. The van der Waals surface area contributed by atoms with Gasteiger partial charge in [-0.3, -0.25) is 9.79 Å². The van der Waals surface area contributed by atoms with Crippen molar-refractivity contribution in [3.63, 3.8) is 0 Å². The topological polar surface area (TPSA) is 231 Å². The average molecular weight is 578 g/mol. The van der Waals surface area contributed by atoms with Gasteiger partial charge in [0, 0.05) is 6.54 Å². The third-order valence-corrected chi connectivity index (χ3v) is 5.56. The third kappa shape index (κ3) is 10.6. The van der Waals surface area contributed by atoms with Gasteiger partial charge in [-0.2, -0.15) is 0 Å². The first-order chi connectivity index (χ1) is 18.3. The molecule has 0 unspecified atom stereocenters. The van der Waals surface area contributed by atoms with Crippen LogP contribution in [0.25, 0.3) is 12.2 Å². The summed E-state index contributed by atoms with van der Waals surface area (Å²) in [7, 11) is 1.26. The molecule has 0 spiro atoms. The lowest BCUT2D eigenvalue weighted by atomic mass is 10.0. The average Bonchev–Trinajstić information content (AvgIpc) is 2.93. The van der Waals surface area contributed by atoms with Crippen molar-refractivity contribution >= 4 is 20.0 Å². The molecule has 2 rings (SSSR count). The van der Waals surface area contributed by atoms with Gasteiger partial charge in [0.2, 0.25) is 5.75 Å². The summed E-state index contributed by atoms with van der Waals surface area (Å²) in [4.78, 5) is 18.1. The molecule has 0 aliphatic rings. The van der Waals surface area contributed by atoms with Crippen LogP contribution in [-0.2, 0) is 4.57 Å². The lowest BCUT2D eigenvalue weighted by molar-refractivity contribution is -0.112. The fourth-order valence-electron chi connectivity index (χ4n) is 3.09. The van der Waals surface area contributed by atoms with Crippen molar-refractivity contribution < 1.29 is 63.4 Å². The van der Waals surface area contributed by atoms with Crippen LogP contribution >= 0.6 is 7.82 Å². The molecule has 0 aromatic heterocycles. The number of ether oxygens (including phenoxy) is 4. The Morgan fingerprint density at radius 1 is 0.769 bits per heavy atom. The molecule has 4 atom stereocenters. The Labute approximate surface area is 225 Å². The third-order valence-electron chi connectivity index (χ3n) is 5.13. The van der Waals surface area contributed by atoms with E-state index in [1.165, 1.54) is 34.5 Å². The van der Waals surface area contributed by atoms with Crippen LogP contribution in [0.3, 0.4) is 0 Å². The van der Waals surface area contributed by atoms with E-state index in [2.05, 4.69) is 4.52 Å². The van der Waals surface area contributed by atoms with Crippen molar-refractivity contribution in [3.05, 3.63) is 41.5 Å². The first kappa shape index (κ1) is 34.1. The number of rotatable bonds is 13. The summed E-state index contributed by atoms with van der Waals surface area (Å²) in [6.45, 7) is -0.911. The van der Waals surface area contributed by atoms with E-state index in [1.807, 2.05) is 0 Å². The highest BCUT2D eigenvalue weighted by atomic mass is 31.2. The molecule has 15 heteroatoms. The highest BCUT2D eigenvalue weighted by Gasteiger charge is 2.29. The zero-order chi connectivity index (χ0) is 29.8. The minimum Gasteiger partial charge on any atom is -0.493 e. The molecule has 0 bridgehead atoms. The van der Waals surface area contributed by atoms with Gasteiger partial charge in [0.05, 0.1) is 41.2 Å². The number of methoxy groups -OCH3 is 4. The first-order valence-electron chi connectivity index (χ1n) is 11.3. The molecule has 2 aromatic rings. The van der Waals surface area contributed by atoms with Gasteiger partial charge < -0.3 is 54.7 Å². The summed E-state index contributed by atoms with van der Waals surface area (Å²) in [6.07, 6.45) is -2.38. The summed E-state index contributed by atoms with van der Waals surface area (Å²) in [5.41, 5.74) is 6.41. The molecule has 0 radical (unpaired) electrons. The zero-order valence-corrected chi connectivity index (χ0v) is 22.8. The molecule has 0 aliphatic heterocycles. The number of benzene rings is 2. The van der Waals surface area contributed by atoms with Crippen molar-refractivity contribution in [2.75, 3.05) is 41.6 Å². The van der Waals surface area contributed by atoms with Crippen LogP contribution in [0.2, 0.25) is 0 Å². The van der Waals surface area contributed by atoms with Crippen LogP contribution < -0.4 is 29.2 Å². The predicted octanol–water partition coefficient (Wildman–Crippen LogP) is -0.256. The molecule has 0 fully saturated rings. The van der Waals surface area contributed by atoms with Gasteiger partial charge in [0.15, 0.2) is 23.0 Å². The molecular weight excluding hydrogens is 541 g/mol. The Balaban J connectivity index is 0.000000534. The van der Waals surface area contributed by atoms with Gasteiger partial charge in [0.1, 0.15) is 18.3 Å². The summed E-state index contributed by atoms with van der Waals surface area (Å²) < 4.78 is 36.8. The first-order valence-corrected chi connectivity index (χ1v) is 12.8. The fraction of sp³-hybridized carbons (Fsp3) is 0.417. The molecule has 220 valence electrons. The minimum absolute atomic E-state index is 0.0575. The van der Waals surface area contributed by atoms with Gasteiger partial charge in [0.25, 0.3) is 0 Å². The highest BCUT2D eigenvalue weighted by Crippen LogP contribution is 2.42. The maximum atomic E-state index is 11.1. The van der Waals surface area contributed by atoms with Crippen molar-refractivity contribution in [2.24, 2.45) is 5.73 Å². The van der Waals surface area contributed by atoms with E-state index in [0.717, 1.165) is 5.56 Å². The molecule has 0 saturated heterocycles. The summed E-state index contributed by atoms with van der Waals surface area (Å²) in [6, 6.07) is 8.29.